The third-order valence-corrected chi connectivity index (χ3v) is 3.21. The van der Waals surface area contributed by atoms with Crippen LogP contribution in [0.25, 0.3) is 0 Å². The van der Waals surface area contributed by atoms with Crippen molar-refractivity contribution < 1.29 is 9.15 Å². The summed E-state index contributed by atoms with van der Waals surface area (Å²) in [6, 6.07) is 4.01. The number of aryl methyl sites for hydroxylation is 1. The van der Waals surface area contributed by atoms with Crippen LogP contribution in [0.15, 0.2) is 16.5 Å². The third-order valence-electron chi connectivity index (χ3n) is 2.53. The predicted octanol–water partition coefficient (Wildman–Crippen LogP) is 2.80. The molecule has 5 nitrogen and oxygen atoms in total. The van der Waals surface area contributed by atoms with Crippen LogP contribution in [0.3, 0.4) is 0 Å². The van der Waals surface area contributed by atoms with Crippen molar-refractivity contribution in [2.45, 2.75) is 26.3 Å². The molecule has 0 spiro atoms. The fourth-order valence-corrected chi connectivity index (χ4v) is 2.25. The van der Waals surface area contributed by atoms with Gasteiger partial charge in [0.25, 0.3) is 0 Å². The van der Waals surface area contributed by atoms with Crippen molar-refractivity contribution in [3.05, 3.63) is 29.5 Å². The first-order valence-corrected chi connectivity index (χ1v) is 6.61. The Bertz CT molecular complexity index is 495. The maximum atomic E-state index is 5.56. The van der Waals surface area contributed by atoms with E-state index in [1.54, 1.807) is 7.11 Å². The molecule has 0 fully saturated rings. The summed E-state index contributed by atoms with van der Waals surface area (Å²) in [5, 5.41) is 4.09. The van der Waals surface area contributed by atoms with Crippen molar-refractivity contribution in [1.82, 2.24) is 9.36 Å². The zero-order valence-electron chi connectivity index (χ0n) is 10.8. The molecule has 2 rings (SSSR count). The molecule has 2 heterocycles. The quantitative estimate of drug-likeness (QED) is 0.872. The lowest BCUT2D eigenvalue weighted by Crippen LogP contribution is -2.05. The van der Waals surface area contributed by atoms with E-state index in [0.29, 0.717) is 6.61 Å². The van der Waals surface area contributed by atoms with Gasteiger partial charge in [0.2, 0.25) is 5.13 Å². The lowest BCUT2D eigenvalue weighted by atomic mass is 10.2. The number of hydrogen-bond acceptors (Lipinski definition) is 6. The summed E-state index contributed by atoms with van der Waals surface area (Å²) in [5.74, 6) is 2.63. The van der Waals surface area contributed by atoms with Crippen LogP contribution in [0.5, 0.6) is 0 Å². The smallest absolute Gasteiger partial charge is 0.203 e. The van der Waals surface area contributed by atoms with E-state index >= 15 is 0 Å². The summed E-state index contributed by atoms with van der Waals surface area (Å²) in [7, 11) is 1.67. The number of hydrogen-bond donors (Lipinski definition) is 1. The normalized spacial score (nSPS) is 12.6. The first-order chi connectivity index (χ1) is 8.69. The van der Waals surface area contributed by atoms with E-state index in [-0.39, 0.29) is 6.04 Å². The van der Waals surface area contributed by atoms with Crippen molar-refractivity contribution in [3.63, 3.8) is 0 Å². The Morgan fingerprint density at radius 1 is 1.50 bits per heavy atom. The molecule has 0 amide bonds. The minimum Gasteiger partial charge on any atom is -0.464 e. The Balaban J connectivity index is 1.94. The Morgan fingerprint density at radius 2 is 2.33 bits per heavy atom. The van der Waals surface area contributed by atoms with Gasteiger partial charge >= 0.3 is 0 Å². The number of ether oxygens (including phenoxy) is 1. The molecule has 0 saturated carbocycles. The summed E-state index contributed by atoms with van der Waals surface area (Å²) in [5.41, 5.74) is 0. The summed E-state index contributed by atoms with van der Waals surface area (Å²) in [6.07, 6.45) is 0.739. The number of nitrogens with one attached hydrogen (secondary N) is 1. The number of anilines is 1. The van der Waals surface area contributed by atoms with Crippen molar-refractivity contribution in [2.24, 2.45) is 0 Å². The highest BCUT2D eigenvalue weighted by atomic mass is 32.1. The van der Waals surface area contributed by atoms with E-state index in [9.17, 15) is 0 Å². The molecular formula is C12H17N3O2S. The molecule has 0 aliphatic carbocycles. The molecule has 2 aromatic heterocycles. The van der Waals surface area contributed by atoms with Crippen LogP contribution in [0.4, 0.5) is 5.13 Å². The molecule has 98 valence electrons. The molecule has 2 aromatic rings. The molecule has 0 saturated heterocycles. The van der Waals surface area contributed by atoms with Gasteiger partial charge in [-0.05, 0) is 26.0 Å². The highest BCUT2D eigenvalue weighted by Crippen LogP contribution is 2.22. The number of rotatable bonds is 6. The second-order valence-corrected chi connectivity index (χ2v) is 4.82. The summed E-state index contributed by atoms with van der Waals surface area (Å²) >= 11 is 1.36. The van der Waals surface area contributed by atoms with Gasteiger partial charge in [-0.15, -0.1) is 0 Å². The average Bonchev–Trinajstić information content (AvgIpc) is 2.96. The first kappa shape index (κ1) is 13.0. The Labute approximate surface area is 110 Å². The van der Waals surface area contributed by atoms with Crippen molar-refractivity contribution in [3.8, 4) is 0 Å². The van der Waals surface area contributed by atoms with Gasteiger partial charge in [0.05, 0.1) is 12.6 Å². The highest BCUT2D eigenvalue weighted by molar-refractivity contribution is 7.09. The molecular weight excluding hydrogens is 250 g/mol. The van der Waals surface area contributed by atoms with Gasteiger partial charge in [-0.2, -0.15) is 4.37 Å². The zero-order chi connectivity index (χ0) is 13.0. The van der Waals surface area contributed by atoms with Gasteiger partial charge in [-0.25, -0.2) is 4.98 Å². The molecule has 1 N–H and O–H groups in total. The van der Waals surface area contributed by atoms with Crippen LogP contribution in [0.1, 0.15) is 30.3 Å². The van der Waals surface area contributed by atoms with Crippen LogP contribution < -0.4 is 5.32 Å². The Hall–Kier alpha value is -1.40. The molecule has 0 radical (unpaired) electrons. The number of nitrogens with zero attached hydrogens (tertiary/aromatic N) is 2. The highest BCUT2D eigenvalue weighted by Gasteiger charge is 2.12. The predicted molar refractivity (Wildman–Crippen MR) is 71.0 cm³/mol. The van der Waals surface area contributed by atoms with E-state index in [1.165, 1.54) is 11.5 Å². The molecule has 0 bridgehead atoms. The molecule has 0 aliphatic heterocycles. The minimum absolute atomic E-state index is 0.0851. The van der Waals surface area contributed by atoms with E-state index in [1.807, 2.05) is 26.0 Å². The Morgan fingerprint density at radius 3 is 3.00 bits per heavy atom. The molecule has 1 atom stereocenters. The van der Waals surface area contributed by atoms with Gasteiger partial charge in [-0.3, -0.25) is 0 Å². The molecule has 1 unspecified atom stereocenters. The fourth-order valence-electron chi connectivity index (χ4n) is 1.55. The van der Waals surface area contributed by atoms with E-state index in [2.05, 4.69) is 14.7 Å². The second-order valence-electron chi connectivity index (χ2n) is 4.07. The van der Waals surface area contributed by atoms with E-state index < -0.39 is 0 Å². The number of aromatic nitrogens is 2. The van der Waals surface area contributed by atoms with Gasteiger partial charge in [0, 0.05) is 25.1 Å². The van der Waals surface area contributed by atoms with Gasteiger partial charge in [-0.1, -0.05) is 0 Å². The largest absolute Gasteiger partial charge is 0.464 e. The number of furan rings is 1. The lowest BCUT2D eigenvalue weighted by Gasteiger charge is -2.08. The summed E-state index contributed by atoms with van der Waals surface area (Å²) in [6.45, 7) is 4.61. The first-order valence-electron chi connectivity index (χ1n) is 5.83. The van der Waals surface area contributed by atoms with E-state index in [4.69, 9.17) is 9.15 Å². The SMILES string of the molecule is COCCc1nsc(NC(C)c2ccc(C)o2)n1. The molecule has 0 aliphatic rings. The number of methoxy groups -OCH3 is 1. The average molecular weight is 267 g/mol. The van der Waals surface area contributed by atoms with Crippen LogP contribution in [0, 0.1) is 6.92 Å². The van der Waals surface area contributed by atoms with Gasteiger partial charge in [0.1, 0.15) is 17.3 Å². The Kier molecular flexibility index (Phi) is 4.33. The van der Waals surface area contributed by atoms with Crippen LogP contribution in [-0.2, 0) is 11.2 Å². The molecule has 6 heteroatoms. The minimum atomic E-state index is 0.0851. The zero-order valence-corrected chi connectivity index (χ0v) is 11.6. The monoisotopic (exact) mass is 267 g/mol. The molecule has 0 aromatic carbocycles. The van der Waals surface area contributed by atoms with E-state index in [0.717, 1.165) is 28.9 Å². The maximum Gasteiger partial charge on any atom is 0.203 e. The maximum absolute atomic E-state index is 5.56. The van der Waals surface area contributed by atoms with Crippen LogP contribution in [-0.4, -0.2) is 23.1 Å². The van der Waals surface area contributed by atoms with Crippen LogP contribution in [0.2, 0.25) is 0 Å². The van der Waals surface area contributed by atoms with Crippen molar-refractivity contribution in [2.75, 3.05) is 19.0 Å². The summed E-state index contributed by atoms with van der Waals surface area (Å²) in [4.78, 5) is 4.39. The van der Waals surface area contributed by atoms with Gasteiger partial charge in [0.15, 0.2) is 0 Å². The van der Waals surface area contributed by atoms with Crippen LogP contribution >= 0.6 is 11.5 Å². The summed E-state index contributed by atoms with van der Waals surface area (Å²) < 4.78 is 14.8. The molecule has 18 heavy (non-hydrogen) atoms. The van der Waals surface area contributed by atoms with Crippen molar-refractivity contribution >= 4 is 16.7 Å². The fraction of sp³-hybridized carbons (Fsp3) is 0.500. The standard InChI is InChI=1S/C12H17N3O2S/c1-8-4-5-10(17-8)9(2)13-12-14-11(15-18-12)6-7-16-3/h4-5,9H,6-7H2,1-3H3,(H,13,14,15). The lowest BCUT2D eigenvalue weighted by molar-refractivity contribution is 0.201. The van der Waals surface area contributed by atoms with Crippen molar-refractivity contribution in [1.29, 1.82) is 0 Å². The third kappa shape index (κ3) is 3.30. The second kappa shape index (κ2) is 5.97. The topological polar surface area (TPSA) is 60.2 Å². The van der Waals surface area contributed by atoms with Gasteiger partial charge < -0.3 is 14.5 Å².